The molecule has 0 aromatic rings. The van der Waals surface area contributed by atoms with Gasteiger partial charge in [-0.3, -0.25) is 0 Å². The fourth-order valence-corrected chi connectivity index (χ4v) is 0.0791. The maximum atomic E-state index is 8.36. The quantitative estimate of drug-likeness (QED) is 0.593. The fourth-order valence-electron chi connectivity index (χ4n) is 0.0791. The van der Waals surface area contributed by atoms with Crippen molar-refractivity contribution in [1.82, 2.24) is 0 Å². The summed E-state index contributed by atoms with van der Waals surface area (Å²) in [7, 11) is 0. The van der Waals surface area contributed by atoms with E-state index in [9.17, 15) is 0 Å². The van der Waals surface area contributed by atoms with E-state index in [4.69, 9.17) is 5.26 Å². The third-order valence-electron chi connectivity index (χ3n) is 0.929. The van der Waals surface area contributed by atoms with E-state index >= 15 is 0 Å². The van der Waals surface area contributed by atoms with E-state index in [-0.39, 0.29) is 3.46 Å². The molecule has 0 aliphatic rings. The summed E-state index contributed by atoms with van der Waals surface area (Å²) in [4.78, 5) is 0. The Bertz CT molecular complexity index is 90.7. The van der Waals surface area contributed by atoms with Gasteiger partial charge in [0.05, 0.1) is 0 Å². The first kappa shape index (κ1) is 7.28. The van der Waals surface area contributed by atoms with Gasteiger partial charge in [0, 0.05) is 0 Å². The molecule has 1 unspecified atom stereocenters. The second-order valence-electron chi connectivity index (χ2n) is 1.74. The van der Waals surface area contributed by atoms with Gasteiger partial charge in [0.2, 0.25) is 0 Å². The van der Waals surface area contributed by atoms with Gasteiger partial charge in [0.1, 0.15) is 0 Å². The fraction of sp³-hybridized carbons (Fsp3) is 0.800. The molecule has 7 heavy (non-hydrogen) atoms. The molecule has 1 nitrogen and oxygen atoms in total. The minimum atomic E-state index is -0.0611. The molecule has 0 radical (unpaired) electrons. The van der Waals surface area contributed by atoms with E-state index in [1.54, 1.807) is 22.3 Å². The van der Waals surface area contributed by atoms with E-state index in [1.165, 1.54) is 0 Å². The molecule has 2 heteroatoms. The molecular weight excluding hydrogens is 202 g/mol. The summed E-state index contributed by atoms with van der Waals surface area (Å²) in [6, 6.07) is 2.21. The van der Waals surface area contributed by atoms with Crippen LogP contribution in [0.3, 0.4) is 0 Å². The normalized spacial score (nSPS) is 17.4. The topological polar surface area (TPSA) is 23.8 Å². The molecule has 0 aliphatic heterocycles. The molecule has 0 saturated heterocycles. The number of nitriles is 1. The molecule has 40 valence electrons. The Morgan fingerprint density at radius 2 is 2.29 bits per heavy atom. The van der Waals surface area contributed by atoms with Crippen LogP contribution in [0.25, 0.3) is 0 Å². The number of hydrogen-bond donors (Lipinski definition) is 0. The van der Waals surface area contributed by atoms with Crippen molar-refractivity contribution in [2.24, 2.45) is 0 Å². The van der Waals surface area contributed by atoms with Gasteiger partial charge in [-0.2, -0.15) is 0 Å². The van der Waals surface area contributed by atoms with Crippen molar-refractivity contribution in [2.45, 2.75) is 23.7 Å². The zero-order valence-electron chi connectivity index (χ0n) is 4.60. The van der Waals surface area contributed by atoms with Crippen LogP contribution < -0.4 is 0 Å². The first-order chi connectivity index (χ1) is 3.12. The van der Waals surface area contributed by atoms with Gasteiger partial charge in [-0.15, -0.1) is 0 Å². The predicted octanol–water partition coefficient (Wildman–Crippen LogP) is 0.999. The average molecular weight is 211 g/mol. The molecular formula is C5H9NTe. The van der Waals surface area contributed by atoms with Crippen LogP contribution in [-0.4, -0.2) is 22.3 Å². The molecule has 0 aromatic carbocycles. The Morgan fingerprint density at radius 3 is 2.29 bits per heavy atom. The van der Waals surface area contributed by atoms with Gasteiger partial charge in [0.15, 0.2) is 0 Å². The van der Waals surface area contributed by atoms with Crippen LogP contribution in [0, 0.1) is 11.3 Å². The summed E-state index contributed by atoms with van der Waals surface area (Å²) in [6.07, 6.45) is 0.956. The maximum absolute atomic E-state index is 8.36. The molecule has 0 aromatic heterocycles. The van der Waals surface area contributed by atoms with Crippen molar-refractivity contribution in [1.29, 1.82) is 5.26 Å². The average Bonchev–Trinajstić information content (AvgIpc) is 1.68. The zero-order chi connectivity index (χ0) is 5.91. The van der Waals surface area contributed by atoms with Crippen LogP contribution >= 0.6 is 0 Å². The van der Waals surface area contributed by atoms with E-state index < -0.39 is 0 Å². The van der Waals surface area contributed by atoms with Crippen molar-refractivity contribution in [2.75, 3.05) is 0 Å². The summed E-state index contributed by atoms with van der Waals surface area (Å²) >= 11 is 1.60. The Labute approximate surface area is 57.6 Å². The number of rotatable bonds is 1. The Balaban J connectivity index is 3.66. The summed E-state index contributed by atoms with van der Waals surface area (Å²) in [5.74, 6) is 0. The van der Waals surface area contributed by atoms with E-state index in [2.05, 4.69) is 6.07 Å². The van der Waals surface area contributed by atoms with Crippen molar-refractivity contribution in [3.05, 3.63) is 0 Å². The summed E-state index contributed by atoms with van der Waals surface area (Å²) in [6.45, 7) is 3.99. The van der Waals surface area contributed by atoms with E-state index in [0.29, 0.717) is 0 Å². The summed E-state index contributed by atoms with van der Waals surface area (Å²) in [5, 5.41) is 8.36. The van der Waals surface area contributed by atoms with Gasteiger partial charge in [-0.05, 0) is 0 Å². The van der Waals surface area contributed by atoms with Crippen molar-refractivity contribution in [3.8, 4) is 6.07 Å². The molecule has 0 saturated carbocycles. The Kier molecular flexibility index (Phi) is 2.66. The molecule has 0 N–H and O–H groups in total. The second kappa shape index (κ2) is 2.55. The number of nitrogens with zero attached hydrogens (tertiary/aromatic N) is 1. The minimum absolute atomic E-state index is 0.0611. The van der Waals surface area contributed by atoms with Crippen molar-refractivity contribution >= 4 is 22.3 Å². The predicted molar refractivity (Wildman–Crippen MR) is 31.4 cm³/mol. The zero-order valence-corrected chi connectivity index (χ0v) is 7.15. The number of hydrogen-bond acceptors (Lipinski definition) is 1. The second-order valence-corrected chi connectivity index (χ2v) is 4.56. The molecule has 0 aliphatic carbocycles. The first-order valence-electron chi connectivity index (χ1n) is 2.26. The Hall–Kier alpha value is 0.280. The van der Waals surface area contributed by atoms with Gasteiger partial charge in [-0.1, -0.05) is 0 Å². The standard InChI is InChI=1S/C5H9NTe/c1-3-5(2,7)4-6/h7H,3H2,1-2H3. The Morgan fingerprint density at radius 1 is 1.86 bits per heavy atom. The molecule has 0 heterocycles. The van der Waals surface area contributed by atoms with Crippen LogP contribution in [0.1, 0.15) is 20.3 Å². The SMILES string of the molecule is CCC(C)([TeH])C#N. The molecule has 0 fully saturated rings. The molecule has 0 bridgehead atoms. The van der Waals surface area contributed by atoms with Crippen LogP contribution in [0.15, 0.2) is 0 Å². The van der Waals surface area contributed by atoms with E-state index in [0.717, 1.165) is 6.42 Å². The first-order valence-corrected chi connectivity index (χ1v) is 3.53. The van der Waals surface area contributed by atoms with Gasteiger partial charge in [-0.25, -0.2) is 0 Å². The molecule has 1 atom stereocenters. The molecule has 0 rings (SSSR count). The molecule has 0 amide bonds. The van der Waals surface area contributed by atoms with Gasteiger partial charge < -0.3 is 0 Å². The monoisotopic (exact) mass is 213 g/mol. The third kappa shape index (κ3) is 2.92. The van der Waals surface area contributed by atoms with Gasteiger partial charge in [0.25, 0.3) is 0 Å². The summed E-state index contributed by atoms with van der Waals surface area (Å²) < 4.78 is -0.0611. The van der Waals surface area contributed by atoms with Crippen LogP contribution in [0.4, 0.5) is 0 Å². The molecule has 0 spiro atoms. The summed E-state index contributed by atoms with van der Waals surface area (Å²) in [5.41, 5.74) is 0. The van der Waals surface area contributed by atoms with Crippen LogP contribution in [0.2, 0.25) is 3.46 Å². The van der Waals surface area contributed by atoms with Gasteiger partial charge >= 0.3 is 57.4 Å². The van der Waals surface area contributed by atoms with E-state index in [1.807, 2.05) is 13.8 Å². The third-order valence-corrected chi connectivity index (χ3v) is 2.12. The van der Waals surface area contributed by atoms with Crippen LogP contribution in [0.5, 0.6) is 0 Å². The van der Waals surface area contributed by atoms with Crippen molar-refractivity contribution in [3.63, 3.8) is 0 Å². The van der Waals surface area contributed by atoms with Crippen LogP contribution in [-0.2, 0) is 0 Å². The van der Waals surface area contributed by atoms with Crippen molar-refractivity contribution < 1.29 is 0 Å².